The molecule has 1 aliphatic heterocycles. The molecular weight excluding hydrogens is 258 g/mol. The molecule has 20 heavy (non-hydrogen) atoms. The van der Waals surface area contributed by atoms with Crippen molar-refractivity contribution < 1.29 is 19.4 Å². The second kappa shape index (κ2) is 8.95. The number of carbonyl (C=O) groups excluding carboxylic acids is 1. The Balaban J connectivity index is 2.38. The van der Waals surface area contributed by atoms with E-state index in [4.69, 9.17) is 4.74 Å². The SMILES string of the molecule is CCCC(C)CC(=O)NCC(C(=O)O)C1CCOCC1. The summed E-state index contributed by atoms with van der Waals surface area (Å²) in [6.45, 7) is 5.62. The number of carbonyl (C=O) groups is 2. The highest BCUT2D eigenvalue weighted by atomic mass is 16.5. The number of aliphatic carboxylic acids is 1. The second-order valence-corrected chi connectivity index (χ2v) is 5.80. The molecule has 0 aromatic rings. The Kier molecular flexibility index (Phi) is 7.59. The molecule has 0 radical (unpaired) electrons. The summed E-state index contributed by atoms with van der Waals surface area (Å²) in [5.74, 6) is -0.895. The van der Waals surface area contributed by atoms with Crippen molar-refractivity contribution in [2.24, 2.45) is 17.8 Å². The highest BCUT2D eigenvalue weighted by molar-refractivity contribution is 5.77. The van der Waals surface area contributed by atoms with Crippen LogP contribution in [-0.4, -0.2) is 36.7 Å². The van der Waals surface area contributed by atoms with Gasteiger partial charge in [-0.15, -0.1) is 0 Å². The summed E-state index contributed by atoms with van der Waals surface area (Å²) in [5, 5.41) is 12.1. The maximum Gasteiger partial charge on any atom is 0.308 e. The van der Waals surface area contributed by atoms with Crippen LogP contribution in [0.25, 0.3) is 0 Å². The van der Waals surface area contributed by atoms with Crippen molar-refractivity contribution in [1.29, 1.82) is 0 Å². The molecule has 5 nitrogen and oxygen atoms in total. The molecule has 0 bridgehead atoms. The van der Waals surface area contributed by atoms with E-state index in [0.29, 0.717) is 25.6 Å². The molecule has 1 saturated heterocycles. The van der Waals surface area contributed by atoms with Crippen molar-refractivity contribution in [3.8, 4) is 0 Å². The smallest absolute Gasteiger partial charge is 0.308 e. The molecule has 2 atom stereocenters. The fourth-order valence-corrected chi connectivity index (χ4v) is 2.78. The maximum absolute atomic E-state index is 11.8. The molecule has 5 heteroatoms. The summed E-state index contributed by atoms with van der Waals surface area (Å²) in [6, 6.07) is 0. The molecule has 1 heterocycles. The molecule has 0 saturated carbocycles. The Morgan fingerprint density at radius 2 is 2.00 bits per heavy atom. The largest absolute Gasteiger partial charge is 0.481 e. The minimum atomic E-state index is -0.821. The number of ether oxygens (including phenoxy) is 1. The number of rotatable bonds is 8. The van der Waals surface area contributed by atoms with E-state index in [1.807, 2.05) is 0 Å². The zero-order valence-corrected chi connectivity index (χ0v) is 12.6. The molecule has 0 aromatic carbocycles. The molecular formula is C15H27NO4. The van der Waals surface area contributed by atoms with Crippen molar-refractivity contribution in [2.75, 3.05) is 19.8 Å². The molecule has 1 rings (SSSR count). The van der Waals surface area contributed by atoms with E-state index in [1.54, 1.807) is 0 Å². The first-order valence-electron chi connectivity index (χ1n) is 7.61. The van der Waals surface area contributed by atoms with E-state index in [-0.39, 0.29) is 18.4 Å². The van der Waals surface area contributed by atoms with Crippen LogP contribution in [0, 0.1) is 17.8 Å². The Bertz CT molecular complexity index is 313. The monoisotopic (exact) mass is 285 g/mol. The summed E-state index contributed by atoms with van der Waals surface area (Å²) in [7, 11) is 0. The lowest BCUT2D eigenvalue weighted by atomic mass is 9.86. The topological polar surface area (TPSA) is 75.6 Å². The van der Waals surface area contributed by atoms with Gasteiger partial charge in [0.2, 0.25) is 5.91 Å². The predicted molar refractivity (Wildman–Crippen MR) is 76.4 cm³/mol. The lowest BCUT2D eigenvalue weighted by Gasteiger charge is -2.27. The molecule has 1 amide bonds. The molecule has 1 fully saturated rings. The van der Waals surface area contributed by atoms with Crippen LogP contribution in [-0.2, 0) is 14.3 Å². The second-order valence-electron chi connectivity index (χ2n) is 5.80. The third-order valence-corrected chi connectivity index (χ3v) is 3.99. The van der Waals surface area contributed by atoms with Crippen molar-refractivity contribution in [1.82, 2.24) is 5.32 Å². The van der Waals surface area contributed by atoms with E-state index in [9.17, 15) is 14.7 Å². The summed E-state index contributed by atoms with van der Waals surface area (Å²) in [6.07, 6.45) is 4.09. The molecule has 116 valence electrons. The lowest BCUT2D eigenvalue weighted by molar-refractivity contribution is -0.145. The van der Waals surface area contributed by atoms with Crippen molar-refractivity contribution in [3.63, 3.8) is 0 Å². The number of hydrogen-bond donors (Lipinski definition) is 2. The van der Waals surface area contributed by atoms with Gasteiger partial charge in [0, 0.05) is 26.2 Å². The van der Waals surface area contributed by atoms with Crippen LogP contribution in [0.3, 0.4) is 0 Å². The van der Waals surface area contributed by atoms with Crippen LogP contribution in [0.1, 0.15) is 46.0 Å². The van der Waals surface area contributed by atoms with E-state index >= 15 is 0 Å². The van der Waals surface area contributed by atoms with Crippen molar-refractivity contribution >= 4 is 11.9 Å². The summed E-state index contributed by atoms with van der Waals surface area (Å²) < 4.78 is 5.25. The summed E-state index contributed by atoms with van der Waals surface area (Å²) in [4.78, 5) is 23.2. The fourth-order valence-electron chi connectivity index (χ4n) is 2.78. The average Bonchev–Trinajstić information content (AvgIpc) is 2.40. The third kappa shape index (κ3) is 5.90. The van der Waals surface area contributed by atoms with Gasteiger partial charge in [0.15, 0.2) is 0 Å². The van der Waals surface area contributed by atoms with Crippen LogP contribution in [0.2, 0.25) is 0 Å². The van der Waals surface area contributed by atoms with Crippen LogP contribution in [0.15, 0.2) is 0 Å². The van der Waals surface area contributed by atoms with Gasteiger partial charge in [-0.25, -0.2) is 0 Å². The number of hydrogen-bond acceptors (Lipinski definition) is 3. The quantitative estimate of drug-likeness (QED) is 0.715. The van der Waals surface area contributed by atoms with Gasteiger partial charge in [-0.2, -0.15) is 0 Å². The van der Waals surface area contributed by atoms with Crippen molar-refractivity contribution in [3.05, 3.63) is 0 Å². The standard InChI is InChI=1S/C15H27NO4/c1-3-4-11(2)9-14(17)16-10-13(15(18)19)12-5-7-20-8-6-12/h11-13H,3-10H2,1-2H3,(H,16,17)(H,18,19). The normalized spacial score (nSPS) is 19.3. The zero-order chi connectivity index (χ0) is 15.0. The highest BCUT2D eigenvalue weighted by Gasteiger charge is 2.30. The maximum atomic E-state index is 11.8. The van der Waals surface area contributed by atoms with Crippen LogP contribution < -0.4 is 5.32 Å². The van der Waals surface area contributed by atoms with Gasteiger partial charge in [0.25, 0.3) is 0 Å². The first-order chi connectivity index (χ1) is 9.54. The first-order valence-corrected chi connectivity index (χ1v) is 7.61. The van der Waals surface area contributed by atoms with Crippen LogP contribution in [0.5, 0.6) is 0 Å². The number of carboxylic acids is 1. The molecule has 1 aliphatic rings. The van der Waals surface area contributed by atoms with E-state index < -0.39 is 11.9 Å². The van der Waals surface area contributed by atoms with Gasteiger partial charge < -0.3 is 15.2 Å². The van der Waals surface area contributed by atoms with Gasteiger partial charge in [0.1, 0.15) is 0 Å². The third-order valence-electron chi connectivity index (χ3n) is 3.99. The number of amides is 1. The van der Waals surface area contributed by atoms with E-state index in [0.717, 1.165) is 25.7 Å². The molecule has 2 unspecified atom stereocenters. The van der Waals surface area contributed by atoms with Gasteiger partial charge in [-0.05, 0) is 24.7 Å². The zero-order valence-electron chi connectivity index (χ0n) is 12.6. The Morgan fingerprint density at radius 1 is 1.35 bits per heavy atom. The molecule has 0 spiro atoms. The highest BCUT2D eigenvalue weighted by Crippen LogP contribution is 2.23. The molecule has 2 N–H and O–H groups in total. The summed E-state index contributed by atoms with van der Waals surface area (Å²) in [5.41, 5.74) is 0. The fraction of sp³-hybridized carbons (Fsp3) is 0.867. The van der Waals surface area contributed by atoms with Gasteiger partial charge >= 0.3 is 5.97 Å². The molecule has 0 aliphatic carbocycles. The Morgan fingerprint density at radius 3 is 2.55 bits per heavy atom. The summed E-state index contributed by atoms with van der Waals surface area (Å²) >= 11 is 0. The first kappa shape index (κ1) is 17.0. The van der Waals surface area contributed by atoms with Gasteiger partial charge in [-0.1, -0.05) is 26.7 Å². The average molecular weight is 285 g/mol. The Labute approximate surface area is 121 Å². The van der Waals surface area contributed by atoms with Gasteiger partial charge in [0.05, 0.1) is 5.92 Å². The number of carboxylic acid groups (broad SMARTS) is 1. The minimum Gasteiger partial charge on any atom is -0.481 e. The molecule has 0 aromatic heterocycles. The minimum absolute atomic E-state index is 0.0377. The van der Waals surface area contributed by atoms with Gasteiger partial charge in [-0.3, -0.25) is 9.59 Å². The lowest BCUT2D eigenvalue weighted by Crippen LogP contribution is -2.39. The van der Waals surface area contributed by atoms with E-state index in [1.165, 1.54) is 0 Å². The van der Waals surface area contributed by atoms with Crippen molar-refractivity contribution in [2.45, 2.75) is 46.0 Å². The Hall–Kier alpha value is -1.10. The number of nitrogens with one attached hydrogen (secondary N) is 1. The van der Waals surface area contributed by atoms with Crippen LogP contribution in [0.4, 0.5) is 0 Å². The predicted octanol–water partition coefficient (Wildman–Crippen LogP) is 2.06. The van der Waals surface area contributed by atoms with E-state index in [2.05, 4.69) is 19.2 Å². The van der Waals surface area contributed by atoms with Crippen LogP contribution >= 0.6 is 0 Å².